The number of hydrogen-bond donors (Lipinski definition) is 2. The summed E-state index contributed by atoms with van der Waals surface area (Å²) in [6.45, 7) is 0. The van der Waals surface area contributed by atoms with Crippen LogP contribution in [0.25, 0.3) is 6.08 Å². The maximum Gasteiger partial charge on any atom is 0.330 e. The maximum atomic E-state index is 12.5. The van der Waals surface area contributed by atoms with Crippen LogP contribution >= 0.6 is 22.9 Å². The van der Waals surface area contributed by atoms with Crippen LogP contribution in [0.1, 0.15) is 31.2 Å². The number of esters is 1. The zero-order valence-corrected chi connectivity index (χ0v) is 14.6. The summed E-state index contributed by atoms with van der Waals surface area (Å²) >= 11 is 2.06. The van der Waals surface area contributed by atoms with Gasteiger partial charge in [0.15, 0.2) is 0 Å². The summed E-state index contributed by atoms with van der Waals surface area (Å²) in [6, 6.07) is 7.33. The van der Waals surface area contributed by atoms with E-state index in [2.05, 4.69) is 36.4 Å². The topological polar surface area (TPSA) is 67.4 Å². The molecule has 0 spiro atoms. The number of rotatable bonds is 5. The van der Waals surface area contributed by atoms with Gasteiger partial charge in [-0.15, -0.1) is 0 Å². The van der Waals surface area contributed by atoms with E-state index in [1.807, 2.05) is 24.3 Å². The molecule has 5 nitrogen and oxygen atoms in total. The lowest BCUT2D eigenvalue weighted by Crippen LogP contribution is -2.48. The van der Waals surface area contributed by atoms with Gasteiger partial charge < -0.3 is 10.1 Å². The molecule has 0 aliphatic heterocycles. The van der Waals surface area contributed by atoms with Gasteiger partial charge in [0, 0.05) is 34.6 Å². The molecule has 1 aromatic carbocycles. The van der Waals surface area contributed by atoms with Gasteiger partial charge in [0.1, 0.15) is 5.54 Å². The molecule has 0 radical (unpaired) electrons. The number of methoxy groups -OCH3 is 1. The molecule has 0 bridgehead atoms. The summed E-state index contributed by atoms with van der Waals surface area (Å²) in [5.41, 5.74) is 1.16. The Morgan fingerprint density at radius 1 is 1.23 bits per heavy atom. The highest BCUT2D eigenvalue weighted by molar-refractivity contribution is 14.1. The van der Waals surface area contributed by atoms with Crippen molar-refractivity contribution in [2.75, 3.05) is 12.4 Å². The third kappa shape index (κ3) is 4.07. The van der Waals surface area contributed by atoms with Crippen LogP contribution in [0.3, 0.4) is 0 Å². The predicted octanol–water partition coefficient (Wildman–Crippen LogP) is 3.06. The molecule has 1 fully saturated rings. The number of ether oxygens (including phenoxy) is 1. The lowest BCUT2D eigenvalue weighted by Gasteiger charge is -2.25. The highest BCUT2D eigenvalue weighted by Crippen LogP contribution is 2.31. The Kier molecular flexibility index (Phi) is 5.96. The van der Waals surface area contributed by atoms with Crippen LogP contribution in [0.5, 0.6) is 0 Å². The standard InChI is InChI=1S/C16H19IN2O3/c1-22-14(20)9-6-12-4-7-13(8-5-12)18-15(21)16(19-17)10-2-3-11-16/h4-9,19H,2-3,10-11H2,1H3,(H,18,21). The molecule has 1 saturated carbocycles. The van der Waals surface area contributed by atoms with Gasteiger partial charge in [-0.2, -0.15) is 0 Å². The SMILES string of the molecule is COC(=O)C=Cc1ccc(NC(=O)C2(NI)CCCC2)cc1. The summed E-state index contributed by atoms with van der Waals surface area (Å²) < 4.78 is 7.68. The molecule has 118 valence electrons. The van der Waals surface area contributed by atoms with Gasteiger partial charge in [-0.3, -0.25) is 4.79 Å². The molecular weight excluding hydrogens is 395 g/mol. The highest BCUT2D eigenvalue weighted by atomic mass is 127. The first-order valence-electron chi connectivity index (χ1n) is 7.15. The summed E-state index contributed by atoms with van der Waals surface area (Å²) in [7, 11) is 1.34. The van der Waals surface area contributed by atoms with Crippen LogP contribution in [0.15, 0.2) is 30.3 Å². The quantitative estimate of drug-likeness (QED) is 0.337. The van der Waals surface area contributed by atoms with Crippen LogP contribution in [0.4, 0.5) is 5.69 Å². The molecule has 6 heteroatoms. The van der Waals surface area contributed by atoms with Crippen molar-refractivity contribution in [3.8, 4) is 0 Å². The molecule has 2 rings (SSSR count). The Morgan fingerprint density at radius 3 is 2.41 bits per heavy atom. The molecule has 0 saturated heterocycles. The zero-order chi connectivity index (χ0) is 16.0. The Bertz CT molecular complexity index is 563. The van der Waals surface area contributed by atoms with Gasteiger partial charge in [0.05, 0.1) is 7.11 Å². The Hall–Kier alpha value is -1.41. The zero-order valence-electron chi connectivity index (χ0n) is 12.4. The predicted molar refractivity (Wildman–Crippen MR) is 94.5 cm³/mol. The summed E-state index contributed by atoms with van der Waals surface area (Å²) in [5.74, 6) is -0.383. The molecule has 1 aliphatic carbocycles. The first-order valence-corrected chi connectivity index (χ1v) is 8.23. The molecule has 0 aromatic heterocycles. The number of carbonyl (C=O) groups excluding carboxylic acids is 2. The smallest absolute Gasteiger partial charge is 0.330 e. The first kappa shape index (κ1) is 17.0. The van der Waals surface area contributed by atoms with Crippen LogP contribution in [-0.4, -0.2) is 24.5 Å². The lowest BCUT2D eigenvalue weighted by atomic mass is 9.98. The van der Waals surface area contributed by atoms with E-state index in [1.165, 1.54) is 13.2 Å². The minimum Gasteiger partial charge on any atom is -0.466 e. The molecule has 1 aromatic rings. The molecule has 22 heavy (non-hydrogen) atoms. The second-order valence-corrected chi connectivity index (χ2v) is 5.86. The Morgan fingerprint density at radius 2 is 1.86 bits per heavy atom. The summed E-state index contributed by atoms with van der Waals surface area (Å²) in [5, 5.41) is 2.96. The van der Waals surface area contributed by atoms with Crippen molar-refractivity contribution in [3.05, 3.63) is 35.9 Å². The van der Waals surface area contributed by atoms with Gasteiger partial charge in [0.25, 0.3) is 0 Å². The third-order valence-electron chi connectivity index (χ3n) is 3.85. The van der Waals surface area contributed by atoms with Gasteiger partial charge in [-0.1, -0.05) is 25.0 Å². The van der Waals surface area contributed by atoms with Crippen molar-refractivity contribution < 1.29 is 14.3 Å². The fraction of sp³-hybridized carbons (Fsp3) is 0.375. The van der Waals surface area contributed by atoms with E-state index in [-0.39, 0.29) is 5.91 Å². The van der Waals surface area contributed by atoms with Crippen molar-refractivity contribution in [2.45, 2.75) is 31.2 Å². The largest absolute Gasteiger partial charge is 0.466 e. The summed E-state index contributed by atoms with van der Waals surface area (Å²) in [6.07, 6.45) is 6.90. The van der Waals surface area contributed by atoms with Gasteiger partial charge >= 0.3 is 5.97 Å². The number of nitrogens with one attached hydrogen (secondary N) is 2. The third-order valence-corrected chi connectivity index (χ3v) is 4.89. The second kappa shape index (κ2) is 7.73. The van der Waals surface area contributed by atoms with Crippen molar-refractivity contribution >= 4 is 46.5 Å². The van der Waals surface area contributed by atoms with E-state index in [1.54, 1.807) is 6.08 Å². The maximum absolute atomic E-state index is 12.5. The van der Waals surface area contributed by atoms with Crippen molar-refractivity contribution in [3.63, 3.8) is 0 Å². The van der Waals surface area contributed by atoms with Crippen LogP contribution in [0.2, 0.25) is 0 Å². The number of anilines is 1. The monoisotopic (exact) mass is 414 g/mol. The average Bonchev–Trinajstić information content (AvgIpc) is 3.04. The molecule has 0 heterocycles. The lowest BCUT2D eigenvalue weighted by molar-refractivity contribution is -0.134. The molecule has 2 N–H and O–H groups in total. The van der Waals surface area contributed by atoms with E-state index < -0.39 is 11.5 Å². The highest BCUT2D eigenvalue weighted by Gasteiger charge is 2.40. The summed E-state index contributed by atoms with van der Waals surface area (Å²) in [4.78, 5) is 23.5. The van der Waals surface area contributed by atoms with Crippen LogP contribution in [-0.2, 0) is 14.3 Å². The van der Waals surface area contributed by atoms with E-state index in [9.17, 15) is 9.59 Å². The number of halogens is 1. The Labute approximate surface area is 144 Å². The molecule has 0 atom stereocenters. The number of benzene rings is 1. The fourth-order valence-electron chi connectivity index (χ4n) is 2.50. The van der Waals surface area contributed by atoms with Gasteiger partial charge in [0.2, 0.25) is 5.91 Å². The molecular formula is C16H19IN2O3. The number of carbonyl (C=O) groups is 2. The van der Waals surface area contributed by atoms with E-state index in [0.717, 1.165) is 36.9 Å². The Balaban J connectivity index is 2.00. The minimum absolute atomic E-state index is 0.0113. The minimum atomic E-state index is -0.454. The number of hydrogen-bond acceptors (Lipinski definition) is 4. The molecule has 1 aliphatic rings. The molecule has 1 amide bonds. The normalized spacial score (nSPS) is 16.6. The van der Waals surface area contributed by atoms with E-state index in [4.69, 9.17) is 0 Å². The van der Waals surface area contributed by atoms with Crippen molar-refractivity contribution in [2.24, 2.45) is 0 Å². The van der Waals surface area contributed by atoms with Crippen LogP contribution < -0.4 is 8.85 Å². The molecule has 0 unspecified atom stereocenters. The number of amides is 1. The first-order chi connectivity index (χ1) is 10.6. The van der Waals surface area contributed by atoms with Crippen molar-refractivity contribution in [1.82, 2.24) is 3.53 Å². The van der Waals surface area contributed by atoms with Gasteiger partial charge in [-0.25, -0.2) is 8.32 Å². The van der Waals surface area contributed by atoms with Gasteiger partial charge in [-0.05, 0) is 36.6 Å². The van der Waals surface area contributed by atoms with E-state index in [0.29, 0.717) is 0 Å². The van der Waals surface area contributed by atoms with Crippen LogP contribution in [0, 0.1) is 0 Å². The fourth-order valence-corrected chi connectivity index (χ4v) is 3.29. The van der Waals surface area contributed by atoms with E-state index >= 15 is 0 Å². The second-order valence-electron chi connectivity index (χ2n) is 5.32. The van der Waals surface area contributed by atoms with Crippen molar-refractivity contribution in [1.29, 1.82) is 0 Å². The average molecular weight is 414 g/mol.